The van der Waals surface area contributed by atoms with E-state index >= 15 is 0 Å². The number of carbonyl (C=O) groups is 1. The fourth-order valence-corrected chi connectivity index (χ4v) is 4.99. The molecule has 2 aromatic heterocycles. The quantitative estimate of drug-likeness (QED) is 0.654. The monoisotopic (exact) mass is 378 g/mol. The van der Waals surface area contributed by atoms with E-state index in [0.717, 1.165) is 47.3 Å². The van der Waals surface area contributed by atoms with E-state index < -0.39 is 0 Å². The third-order valence-corrected chi connectivity index (χ3v) is 6.60. The number of nitrogens with zero attached hydrogens (tertiary/aromatic N) is 1. The Bertz CT molecular complexity index is 971. The Kier molecular flexibility index (Phi) is 4.39. The number of fused-ring (bicyclic) bond motifs is 2. The molecule has 1 saturated heterocycles. The second kappa shape index (κ2) is 7.03. The Morgan fingerprint density at radius 3 is 3.00 bits per heavy atom. The highest BCUT2D eigenvalue weighted by Crippen LogP contribution is 2.29. The summed E-state index contributed by atoms with van der Waals surface area (Å²) in [5.41, 5.74) is 9.03. The van der Waals surface area contributed by atoms with Gasteiger partial charge in [-0.2, -0.15) is 0 Å². The van der Waals surface area contributed by atoms with E-state index in [4.69, 9.17) is 4.98 Å². The number of aromatic nitrogens is 1. The Morgan fingerprint density at radius 1 is 1.19 bits per heavy atom. The average molecular weight is 379 g/mol. The molecule has 138 valence electrons. The van der Waals surface area contributed by atoms with Crippen molar-refractivity contribution in [1.82, 2.24) is 21.2 Å². The van der Waals surface area contributed by atoms with Crippen LogP contribution in [0.4, 0.5) is 0 Å². The molecule has 5 nitrogen and oxygen atoms in total. The minimum Gasteiger partial charge on any atom is -0.349 e. The van der Waals surface area contributed by atoms with Crippen molar-refractivity contribution in [3.8, 4) is 10.6 Å². The number of hydrazine groups is 1. The number of hydrogen-bond acceptors (Lipinski definition) is 5. The summed E-state index contributed by atoms with van der Waals surface area (Å²) in [6, 6.07) is 14.7. The van der Waals surface area contributed by atoms with Gasteiger partial charge in [-0.3, -0.25) is 15.6 Å². The molecular weight excluding hydrogens is 356 g/mol. The molecule has 0 radical (unpaired) electrons. The highest BCUT2D eigenvalue weighted by Gasteiger charge is 2.34. The molecule has 27 heavy (non-hydrogen) atoms. The van der Waals surface area contributed by atoms with Crippen molar-refractivity contribution in [2.75, 3.05) is 6.54 Å². The Hall–Kier alpha value is -2.28. The third kappa shape index (κ3) is 3.25. The van der Waals surface area contributed by atoms with Crippen LogP contribution in [-0.4, -0.2) is 29.5 Å². The van der Waals surface area contributed by atoms with Gasteiger partial charge in [-0.1, -0.05) is 24.3 Å². The van der Waals surface area contributed by atoms with Crippen LogP contribution >= 0.6 is 11.3 Å². The van der Waals surface area contributed by atoms with Crippen LogP contribution in [0.3, 0.4) is 0 Å². The van der Waals surface area contributed by atoms with E-state index in [1.165, 1.54) is 0 Å². The third-order valence-electron chi connectivity index (χ3n) is 5.70. The van der Waals surface area contributed by atoms with Crippen molar-refractivity contribution in [1.29, 1.82) is 0 Å². The van der Waals surface area contributed by atoms with Crippen LogP contribution < -0.4 is 16.2 Å². The molecule has 0 bridgehead atoms. The van der Waals surface area contributed by atoms with Crippen molar-refractivity contribution < 1.29 is 4.79 Å². The van der Waals surface area contributed by atoms with Crippen LogP contribution in [0.1, 0.15) is 29.6 Å². The Morgan fingerprint density at radius 2 is 2.11 bits per heavy atom. The summed E-state index contributed by atoms with van der Waals surface area (Å²) < 4.78 is 0. The van der Waals surface area contributed by atoms with Crippen LogP contribution in [0.25, 0.3) is 21.5 Å². The summed E-state index contributed by atoms with van der Waals surface area (Å²) in [5, 5.41) is 6.24. The van der Waals surface area contributed by atoms with Crippen molar-refractivity contribution >= 4 is 28.1 Å². The van der Waals surface area contributed by atoms with Crippen LogP contribution in [0.2, 0.25) is 0 Å². The van der Waals surface area contributed by atoms with Gasteiger partial charge in [0.1, 0.15) is 0 Å². The topological polar surface area (TPSA) is 66.1 Å². The van der Waals surface area contributed by atoms with Gasteiger partial charge in [0.2, 0.25) is 0 Å². The van der Waals surface area contributed by atoms with E-state index in [2.05, 4.69) is 16.2 Å². The van der Waals surface area contributed by atoms with Gasteiger partial charge in [0.25, 0.3) is 5.91 Å². The molecule has 2 fully saturated rings. The smallest absolute Gasteiger partial charge is 0.252 e. The first-order valence-corrected chi connectivity index (χ1v) is 10.4. The summed E-state index contributed by atoms with van der Waals surface area (Å²) in [7, 11) is 0. The van der Waals surface area contributed by atoms with E-state index in [1.54, 1.807) is 11.3 Å². The standard InChI is InChI=1S/C21H22N4OS/c26-21(23-14-7-8-17-13(10-14)12-22-25-17)16-11-19(20-6-3-9-27-20)24-18-5-2-1-4-15(16)18/h1-6,9,11,13-14,17,22,25H,7-8,10,12H2,(H,23,26). The van der Waals surface area contributed by atoms with Crippen molar-refractivity contribution in [3.63, 3.8) is 0 Å². The molecule has 0 spiro atoms. The maximum atomic E-state index is 13.2. The number of pyridine rings is 1. The molecule has 1 amide bonds. The molecule has 2 aliphatic rings. The van der Waals surface area contributed by atoms with E-state index in [-0.39, 0.29) is 11.9 Å². The number of thiophene rings is 1. The maximum absolute atomic E-state index is 13.2. The van der Waals surface area contributed by atoms with Gasteiger partial charge in [-0.15, -0.1) is 11.3 Å². The molecule has 5 rings (SSSR count). The number of benzene rings is 1. The maximum Gasteiger partial charge on any atom is 0.252 e. The minimum atomic E-state index is 0.00812. The van der Waals surface area contributed by atoms with Gasteiger partial charge in [-0.25, -0.2) is 4.98 Å². The molecule has 1 saturated carbocycles. The Labute approximate surface area is 162 Å². The molecule has 1 aliphatic heterocycles. The van der Waals surface area contributed by atoms with Gasteiger partial charge in [0.05, 0.1) is 21.7 Å². The molecule has 3 unspecified atom stereocenters. The van der Waals surface area contributed by atoms with E-state index in [9.17, 15) is 4.79 Å². The fourth-order valence-electron chi connectivity index (χ4n) is 4.31. The molecule has 3 heterocycles. The lowest BCUT2D eigenvalue weighted by molar-refractivity contribution is 0.0920. The normalized spacial score (nSPS) is 24.7. The number of nitrogens with one attached hydrogen (secondary N) is 3. The molecule has 6 heteroatoms. The van der Waals surface area contributed by atoms with Crippen LogP contribution in [0.5, 0.6) is 0 Å². The summed E-state index contributed by atoms with van der Waals surface area (Å²) in [6.45, 7) is 0.984. The Balaban J connectivity index is 1.45. The highest BCUT2D eigenvalue weighted by molar-refractivity contribution is 7.13. The van der Waals surface area contributed by atoms with E-state index in [0.29, 0.717) is 17.5 Å². The molecular formula is C21H22N4OS. The zero-order valence-electron chi connectivity index (χ0n) is 14.9. The summed E-state index contributed by atoms with van der Waals surface area (Å²) in [6.07, 6.45) is 3.14. The first kappa shape index (κ1) is 16.9. The average Bonchev–Trinajstić information content (AvgIpc) is 3.38. The predicted octanol–water partition coefficient (Wildman–Crippen LogP) is 3.34. The summed E-state index contributed by atoms with van der Waals surface area (Å²) >= 11 is 1.64. The van der Waals surface area contributed by atoms with Gasteiger partial charge in [0, 0.05) is 24.0 Å². The lowest BCUT2D eigenvalue weighted by atomic mass is 9.83. The number of amides is 1. The van der Waals surface area contributed by atoms with Crippen molar-refractivity contribution in [3.05, 3.63) is 53.4 Å². The van der Waals surface area contributed by atoms with E-state index in [1.807, 2.05) is 47.8 Å². The second-order valence-electron chi connectivity index (χ2n) is 7.42. The lowest BCUT2D eigenvalue weighted by Gasteiger charge is -2.31. The fraction of sp³-hybridized carbons (Fsp3) is 0.333. The van der Waals surface area contributed by atoms with Gasteiger partial charge >= 0.3 is 0 Å². The van der Waals surface area contributed by atoms with Gasteiger partial charge in [0.15, 0.2) is 0 Å². The molecule has 3 aromatic rings. The lowest BCUT2D eigenvalue weighted by Crippen LogP contribution is -2.44. The first-order chi connectivity index (χ1) is 13.3. The largest absolute Gasteiger partial charge is 0.349 e. The number of hydrogen-bond donors (Lipinski definition) is 3. The highest BCUT2D eigenvalue weighted by atomic mass is 32.1. The van der Waals surface area contributed by atoms with Crippen molar-refractivity contribution in [2.45, 2.75) is 31.3 Å². The summed E-state index contributed by atoms with van der Waals surface area (Å²) in [4.78, 5) is 19.0. The molecule has 1 aromatic carbocycles. The zero-order valence-corrected chi connectivity index (χ0v) is 15.8. The van der Waals surface area contributed by atoms with Gasteiger partial charge in [-0.05, 0) is 48.8 Å². The number of para-hydroxylation sites is 1. The minimum absolute atomic E-state index is 0.00812. The number of carbonyl (C=O) groups excluding carboxylic acids is 1. The van der Waals surface area contributed by atoms with Crippen molar-refractivity contribution in [2.24, 2.45) is 5.92 Å². The molecule has 1 aliphatic carbocycles. The predicted molar refractivity (Wildman–Crippen MR) is 109 cm³/mol. The summed E-state index contributed by atoms with van der Waals surface area (Å²) in [5.74, 6) is 0.605. The van der Waals surface area contributed by atoms with Crippen LogP contribution in [0, 0.1) is 5.92 Å². The molecule has 3 N–H and O–H groups in total. The second-order valence-corrected chi connectivity index (χ2v) is 8.37. The van der Waals surface area contributed by atoms with Crippen LogP contribution in [-0.2, 0) is 0 Å². The SMILES string of the molecule is O=C(NC1CCC2NNCC2C1)c1cc(-c2cccs2)nc2ccccc12. The van der Waals surface area contributed by atoms with Gasteiger partial charge < -0.3 is 5.32 Å². The first-order valence-electron chi connectivity index (χ1n) is 9.51. The number of rotatable bonds is 3. The molecule has 3 atom stereocenters. The zero-order chi connectivity index (χ0) is 18.2. The van der Waals surface area contributed by atoms with Crippen LogP contribution in [0.15, 0.2) is 47.8 Å².